The molecule has 3 nitrogen and oxygen atoms in total. The molecule has 1 unspecified atom stereocenters. The fourth-order valence-electron chi connectivity index (χ4n) is 2.00. The van der Waals surface area contributed by atoms with E-state index in [0.717, 1.165) is 6.07 Å². The van der Waals surface area contributed by atoms with Gasteiger partial charge in [0.2, 0.25) is 5.91 Å². The van der Waals surface area contributed by atoms with E-state index < -0.39 is 11.6 Å². The van der Waals surface area contributed by atoms with E-state index in [0.29, 0.717) is 13.0 Å². The second kappa shape index (κ2) is 4.84. The smallest absolute Gasteiger partial charge is 0.240 e. The van der Waals surface area contributed by atoms with Crippen LogP contribution in [0.1, 0.15) is 12.0 Å². The summed E-state index contributed by atoms with van der Waals surface area (Å²) in [7, 11) is 1.27. The molecule has 1 saturated heterocycles. The molecule has 1 aromatic rings. The summed E-state index contributed by atoms with van der Waals surface area (Å²) in [5, 5.41) is 0. The molecule has 1 amide bonds. The van der Waals surface area contributed by atoms with Crippen molar-refractivity contribution in [3.63, 3.8) is 0 Å². The lowest BCUT2D eigenvalue weighted by molar-refractivity contribution is -0.116. The van der Waals surface area contributed by atoms with Crippen LogP contribution in [0.15, 0.2) is 6.07 Å². The molecule has 98 valence electrons. The first-order chi connectivity index (χ1) is 8.47. The van der Waals surface area contributed by atoms with Gasteiger partial charge in [-0.25, -0.2) is 8.78 Å². The summed E-state index contributed by atoms with van der Waals surface area (Å²) in [6.45, 7) is 1.79. The molecular formula is C12H12BrF2NO2. The minimum absolute atomic E-state index is 0.0677. The number of carbonyl (C=O) groups excluding carboxylic acids is 1. The van der Waals surface area contributed by atoms with Gasteiger partial charge in [-0.2, -0.15) is 0 Å². The van der Waals surface area contributed by atoms with Crippen molar-refractivity contribution in [1.82, 2.24) is 0 Å². The van der Waals surface area contributed by atoms with Crippen LogP contribution in [-0.2, 0) is 4.79 Å². The van der Waals surface area contributed by atoms with Gasteiger partial charge in [-0.1, -0.05) is 15.9 Å². The summed E-state index contributed by atoms with van der Waals surface area (Å²) in [6, 6.07) is 1.04. The van der Waals surface area contributed by atoms with E-state index >= 15 is 0 Å². The third kappa shape index (κ3) is 1.98. The normalized spacial score (nSPS) is 19.5. The van der Waals surface area contributed by atoms with Gasteiger partial charge < -0.3 is 9.64 Å². The van der Waals surface area contributed by atoms with E-state index in [1.54, 1.807) is 0 Å². The molecular weight excluding hydrogens is 308 g/mol. The highest BCUT2D eigenvalue weighted by Crippen LogP contribution is 2.35. The van der Waals surface area contributed by atoms with Gasteiger partial charge in [0.1, 0.15) is 5.82 Å². The molecule has 1 aromatic carbocycles. The van der Waals surface area contributed by atoms with Gasteiger partial charge in [-0.3, -0.25) is 4.79 Å². The largest absolute Gasteiger partial charge is 0.493 e. The Morgan fingerprint density at radius 2 is 2.17 bits per heavy atom. The van der Waals surface area contributed by atoms with E-state index in [4.69, 9.17) is 4.74 Å². The Morgan fingerprint density at radius 1 is 1.50 bits per heavy atom. The Hall–Kier alpha value is -1.17. The number of ether oxygens (including phenoxy) is 1. The van der Waals surface area contributed by atoms with Crippen molar-refractivity contribution in [3.05, 3.63) is 23.3 Å². The lowest BCUT2D eigenvalue weighted by Crippen LogP contribution is -2.28. The summed E-state index contributed by atoms with van der Waals surface area (Å²) in [4.78, 5) is 12.7. The molecule has 0 aromatic heterocycles. The van der Waals surface area contributed by atoms with Crippen LogP contribution < -0.4 is 9.64 Å². The van der Waals surface area contributed by atoms with Crippen molar-refractivity contribution in [3.8, 4) is 5.75 Å². The SMILES string of the molecule is COc1c(C)c(F)cc(N2CCC(Br)C2=O)c1F. The summed E-state index contributed by atoms with van der Waals surface area (Å²) < 4.78 is 32.7. The molecule has 2 rings (SSSR count). The number of nitrogens with zero attached hydrogens (tertiary/aromatic N) is 1. The van der Waals surface area contributed by atoms with E-state index in [1.807, 2.05) is 0 Å². The number of hydrogen-bond donors (Lipinski definition) is 0. The molecule has 0 bridgehead atoms. The molecule has 0 N–H and O–H groups in total. The minimum atomic E-state index is -0.702. The Bertz CT molecular complexity index is 507. The third-order valence-electron chi connectivity index (χ3n) is 3.02. The number of hydrogen-bond acceptors (Lipinski definition) is 2. The van der Waals surface area contributed by atoms with Crippen molar-refractivity contribution >= 4 is 27.5 Å². The molecule has 1 atom stereocenters. The number of halogens is 3. The van der Waals surface area contributed by atoms with Gasteiger partial charge >= 0.3 is 0 Å². The molecule has 0 aliphatic carbocycles. The lowest BCUT2D eigenvalue weighted by Gasteiger charge is -2.19. The van der Waals surface area contributed by atoms with Gasteiger partial charge in [0.15, 0.2) is 11.6 Å². The molecule has 1 heterocycles. The summed E-state index contributed by atoms with van der Waals surface area (Å²) in [5.41, 5.74) is 0.0303. The second-order valence-electron chi connectivity index (χ2n) is 4.10. The number of alkyl halides is 1. The first-order valence-corrected chi connectivity index (χ1v) is 6.37. The van der Waals surface area contributed by atoms with Crippen LogP contribution in [0.4, 0.5) is 14.5 Å². The van der Waals surface area contributed by atoms with Gasteiger partial charge in [0.05, 0.1) is 17.6 Å². The summed E-state index contributed by atoms with van der Waals surface area (Å²) >= 11 is 3.20. The van der Waals surface area contributed by atoms with E-state index in [2.05, 4.69) is 15.9 Å². The molecule has 1 aliphatic heterocycles. The third-order valence-corrected chi connectivity index (χ3v) is 3.87. The number of rotatable bonds is 2. The Balaban J connectivity index is 2.52. The average molecular weight is 320 g/mol. The predicted molar refractivity (Wildman–Crippen MR) is 67.3 cm³/mol. The van der Waals surface area contributed by atoms with Gasteiger partial charge in [0.25, 0.3) is 0 Å². The van der Waals surface area contributed by atoms with Crippen LogP contribution in [0, 0.1) is 18.6 Å². The maximum Gasteiger partial charge on any atom is 0.240 e. The zero-order valence-corrected chi connectivity index (χ0v) is 11.6. The first-order valence-electron chi connectivity index (χ1n) is 5.45. The van der Waals surface area contributed by atoms with Crippen molar-refractivity contribution < 1.29 is 18.3 Å². The standard InChI is InChI=1S/C12H12BrF2NO2/c1-6-8(14)5-9(10(15)11(6)18-2)16-4-3-7(13)12(16)17/h5,7H,3-4H2,1-2H3. The van der Waals surface area contributed by atoms with Crippen LogP contribution in [0.5, 0.6) is 5.75 Å². The molecule has 6 heteroatoms. The number of amides is 1. The van der Waals surface area contributed by atoms with E-state index in [1.165, 1.54) is 18.9 Å². The molecule has 1 aliphatic rings. The molecule has 0 radical (unpaired) electrons. The van der Waals surface area contributed by atoms with Gasteiger partial charge in [-0.05, 0) is 13.3 Å². The highest BCUT2D eigenvalue weighted by molar-refractivity contribution is 9.10. The van der Waals surface area contributed by atoms with Crippen molar-refractivity contribution in [2.75, 3.05) is 18.6 Å². The monoisotopic (exact) mass is 319 g/mol. The minimum Gasteiger partial charge on any atom is -0.493 e. The van der Waals surface area contributed by atoms with E-state index in [-0.39, 0.29) is 27.7 Å². The predicted octanol–water partition coefficient (Wildman–Crippen LogP) is 2.78. The van der Waals surface area contributed by atoms with Crippen LogP contribution in [0.25, 0.3) is 0 Å². The average Bonchev–Trinajstić information content (AvgIpc) is 2.66. The second-order valence-corrected chi connectivity index (χ2v) is 5.20. The van der Waals surface area contributed by atoms with Gasteiger partial charge in [-0.15, -0.1) is 0 Å². The van der Waals surface area contributed by atoms with Crippen LogP contribution in [0.3, 0.4) is 0 Å². The highest BCUT2D eigenvalue weighted by Gasteiger charge is 2.33. The number of methoxy groups -OCH3 is 1. The lowest BCUT2D eigenvalue weighted by atomic mass is 10.1. The van der Waals surface area contributed by atoms with Crippen molar-refractivity contribution in [2.24, 2.45) is 0 Å². The number of benzene rings is 1. The molecule has 18 heavy (non-hydrogen) atoms. The topological polar surface area (TPSA) is 29.5 Å². The molecule has 0 spiro atoms. The highest BCUT2D eigenvalue weighted by atomic mass is 79.9. The fourth-order valence-corrected chi connectivity index (χ4v) is 2.46. The summed E-state index contributed by atoms with van der Waals surface area (Å²) in [6.07, 6.45) is 0.566. The quantitative estimate of drug-likeness (QED) is 0.784. The number of carbonyl (C=O) groups is 1. The Labute approximate surface area is 112 Å². The van der Waals surface area contributed by atoms with Crippen LogP contribution in [0.2, 0.25) is 0 Å². The molecule has 0 saturated carbocycles. The zero-order valence-electron chi connectivity index (χ0n) is 9.97. The maximum absolute atomic E-state index is 14.2. The maximum atomic E-state index is 14.2. The van der Waals surface area contributed by atoms with Gasteiger partial charge in [0, 0.05) is 18.2 Å². The molecule has 1 fully saturated rings. The summed E-state index contributed by atoms with van der Waals surface area (Å²) in [5.74, 6) is -1.71. The van der Waals surface area contributed by atoms with Crippen LogP contribution in [-0.4, -0.2) is 24.4 Å². The zero-order chi connectivity index (χ0) is 13.4. The Kier molecular flexibility index (Phi) is 3.56. The van der Waals surface area contributed by atoms with Crippen molar-refractivity contribution in [2.45, 2.75) is 18.2 Å². The number of anilines is 1. The first kappa shape index (κ1) is 13.3. The van der Waals surface area contributed by atoms with E-state index in [9.17, 15) is 13.6 Å². The van der Waals surface area contributed by atoms with Crippen molar-refractivity contribution in [1.29, 1.82) is 0 Å². The van der Waals surface area contributed by atoms with Crippen LogP contribution >= 0.6 is 15.9 Å². The Morgan fingerprint density at radius 3 is 2.67 bits per heavy atom. The fraction of sp³-hybridized carbons (Fsp3) is 0.417.